The summed E-state index contributed by atoms with van der Waals surface area (Å²) in [5, 5.41) is 13.9. The van der Waals surface area contributed by atoms with Gasteiger partial charge in [0.1, 0.15) is 17.9 Å². The zero-order valence-electron chi connectivity index (χ0n) is 15.9. The Morgan fingerprint density at radius 2 is 1.76 bits per heavy atom. The first kappa shape index (κ1) is 18.5. The third-order valence-corrected chi connectivity index (χ3v) is 5.17. The molecule has 144 valence electrons. The van der Waals surface area contributed by atoms with Crippen LogP contribution in [0.25, 0.3) is 10.8 Å². The van der Waals surface area contributed by atoms with Crippen LogP contribution in [0, 0.1) is 11.3 Å². The number of ether oxygens (including phenoxy) is 1. The highest BCUT2D eigenvalue weighted by molar-refractivity contribution is 6.07. The summed E-state index contributed by atoms with van der Waals surface area (Å²) in [7, 11) is 0. The Kier molecular flexibility index (Phi) is 4.65. The number of urea groups is 1. The molecule has 1 heterocycles. The first-order valence-electron chi connectivity index (χ1n) is 9.27. The number of imide groups is 1. The van der Waals surface area contributed by atoms with Gasteiger partial charge in [-0.3, -0.25) is 9.69 Å². The molecule has 0 aromatic heterocycles. The number of rotatable bonds is 5. The third-order valence-electron chi connectivity index (χ3n) is 5.17. The molecule has 0 bridgehead atoms. The lowest BCUT2D eigenvalue weighted by Gasteiger charge is -2.22. The Balaban J connectivity index is 1.44. The summed E-state index contributed by atoms with van der Waals surface area (Å²) in [4.78, 5) is 26.5. The zero-order chi connectivity index (χ0) is 20.4. The average Bonchev–Trinajstić information content (AvgIpc) is 2.97. The van der Waals surface area contributed by atoms with Crippen molar-refractivity contribution in [2.45, 2.75) is 12.5 Å². The lowest BCUT2D eigenvalue weighted by atomic mass is 9.91. The fraction of sp³-hybridized carbons (Fsp3) is 0.174. The first-order valence-corrected chi connectivity index (χ1v) is 9.27. The molecule has 3 aromatic carbocycles. The predicted molar refractivity (Wildman–Crippen MR) is 108 cm³/mol. The van der Waals surface area contributed by atoms with Gasteiger partial charge in [0.25, 0.3) is 5.91 Å². The Morgan fingerprint density at radius 3 is 2.48 bits per heavy atom. The van der Waals surface area contributed by atoms with Gasteiger partial charge in [0.15, 0.2) is 0 Å². The van der Waals surface area contributed by atoms with Crippen LogP contribution in [0.1, 0.15) is 18.1 Å². The molecule has 1 unspecified atom stereocenters. The molecule has 29 heavy (non-hydrogen) atoms. The molecule has 3 aromatic rings. The molecule has 3 amide bonds. The van der Waals surface area contributed by atoms with Gasteiger partial charge >= 0.3 is 6.03 Å². The van der Waals surface area contributed by atoms with Crippen molar-refractivity contribution < 1.29 is 14.3 Å². The van der Waals surface area contributed by atoms with E-state index in [0.717, 1.165) is 10.8 Å². The van der Waals surface area contributed by atoms with Crippen molar-refractivity contribution >= 4 is 22.7 Å². The number of nitriles is 1. The van der Waals surface area contributed by atoms with Crippen LogP contribution in [0.3, 0.4) is 0 Å². The van der Waals surface area contributed by atoms with Crippen LogP contribution in [-0.2, 0) is 10.3 Å². The van der Waals surface area contributed by atoms with Gasteiger partial charge in [0.2, 0.25) is 0 Å². The molecule has 1 N–H and O–H groups in total. The van der Waals surface area contributed by atoms with E-state index >= 15 is 0 Å². The van der Waals surface area contributed by atoms with E-state index < -0.39 is 11.6 Å². The average molecular weight is 385 g/mol. The summed E-state index contributed by atoms with van der Waals surface area (Å²) in [5.74, 6) is 0.347. The number of carbonyl (C=O) groups excluding carboxylic acids is 2. The van der Waals surface area contributed by atoms with Crippen LogP contribution in [0.15, 0.2) is 66.7 Å². The highest BCUT2D eigenvalue weighted by atomic mass is 16.5. The van der Waals surface area contributed by atoms with Crippen LogP contribution in [0.5, 0.6) is 5.75 Å². The lowest BCUT2D eigenvalue weighted by Crippen LogP contribution is -2.41. The minimum absolute atomic E-state index is 0.142. The van der Waals surface area contributed by atoms with E-state index in [-0.39, 0.29) is 19.1 Å². The summed E-state index contributed by atoms with van der Waals surface area (Å²) >= 11 is 0. The van der Waals surface area contributed by atoms with Crippen molar-refractivity contribution in [3.8, 4) is 11.8 Å². The van der Waals surface area contributed by atoms with E-state index in [0.29, 0.717) is 16.9 Å². The monoisotopic (exact) mass is 385 g/mol. The fourth-order valence-corrected chi connectivity index (χ4v) is 3.49. The third kappa shape index (κ3) is 3.39. The highest BCUT2D eigenvalue weighted by Gasteiger charge is 2.48. The minimum atomic E-state index is -1.16. The number of nitrogens with one attached hydrogen (secondary N) is 1. The minimum Gasteiger partial charge on any atom is -0.492 e. The van der Waals surface area contributed by atoms with Gasteiger partial charge in [-0.25, -0.2) is 4.79 Å². The Bertz CT molecular complexity index is 1130. The molecule has 1 atom stereocenters. The summed E-state index contributed by atoms with van der Waals surface area (Å²) in [5.41, 5.74) is -0.0313. The number of hydrogen-bond donors (Lipinski definition) is 1. The summed E-state index contributed by atoms with van der Waals surface area (Å²) in [6.07, 6.45) is 0. The van der Waals surface area contributed by atoms with Gasteiger partial charge in [-0.15, -0.1) is 0 Å². The number of hydrogen-bond acceptors (Lipinski definition) is 4. The SMILES string of the molecule is CC1(c2ccc(C#N)cc2)NC(=O)N(CCOc2ccc3ccccc3c2)C1=O. The Morgan fingerprint density at radius 1 is 1.03 bits per heavy atom. The lowest BCUT2D eigenvalue weighted by molar-refractivity contribution is -0.131. The van der Waals surface area contributed by atoms with Gasteiger partial charge in [0, 0.05) is 0 Å². The zero-order valence-corrected chi connectivity index (χ0v) is 15.9. The molecular formula is C23H19N3O3. The van der Waals surface area contributed by atoms with Gasteiger partial charge in [0.05, 0.1) is 18.2 Å². The van der Waals surface area contributed by atoms with E-state index in [2.05, 4.69) is 5.32 Å². The molecule has 0 radical (unpaired) electrons. The van der Waals surface area contributed by atoms with Crippen LogP contribution in [0.4, 0.5) is 4.79 Å². The van der Waals surface area contributed by atoms with Crippen LogP contribution >= 0.6 is 0 Å². The van der Waals surface area contributed by atoms with Crippen molar-refractivity contribution in [3.63, 3.8) is 0 Å². The van der Waals surface area contributed by atoms with Crippen molar-refractivity contribution in [2.75, 3.05) is 13.2 Å². The van der Waals surface area contributed by atoms with Crippen LogP contribution < -0.4 is 10.1 Å². The molecule has 1 aliphatic heterocycles. The van der Waals surface area contributed by atoms with Crippen molar-refractivity contribution in [1.82, 2.24) is 10.2 Å². The number of fused-ring (bicyclic) bond motifs is 1. The molecule has 1 aliphatic rings. The standard InChI is InChI=1S/C23H19N3O3/c1-23(19-9-6-16(15-24)7-10-19)21(27)26(22(28)25-23)12-13-29-20-11-8-17-4-2-3-5-18(17)14-20/h2-11,14H,12-13H2,1H3,(H,25,28). The van der Waals surface area contributed by atoms with Gasteiger partial charge in [-0.2, -0.15) is 5.26 Å². The van der Waals surface area contributed by atoms with E-state index in [1.54, 1.807) is 31.2 Å². The maximum Gasteiger partial charge on any atom is 0.325 e. The topological polar surface area (TPSA) is 82.4 Å². The van der Waals surface area contributed by atoms with Gasteiger partial charge in [-0.05, 0) is 47.5 Å². The second-order valence-electron chi connectivity index (χ2n) is 7.06. The first-order chi connectivity index (χ1) is 14.0. The molecular weight excluding hydrogens is 366 g/mol. The molecule has 6 heteroatoms. The van der Waals surface area contributed by atoms with E-state index in [9.17, 15) is 9.59 Å². The number of amides is 3. The molecule has 0 spiro atoms. The predicted octanol–water partition coefficient (Wildman–Crippen LogP) is 3.56. The number of benzene rings is 3. The Labute approximate surface area is 168 Å². The summed E-state index contributed by atoms with van der Waals surface area (Å²) in [6, 6.07) is 22.0. The number of carbonyl (C=O) groups is 2. The van der Waals surface area contributed by atoms with Crippen LogP contribution in [-0.4, -0.2) is 30.0 Å². The van der Waals surface area contributed by atoms with Crippen molar-refractivity contribution in [1.29, 1.82) is 5.26 Å². The van der Waals surface area contributed by atoms with Crippen molar-refractivity contribution in [2.24, 2.45) is 0 Å². The quantitative estimate of drug-likeness (QED) is 0.681. The molecule has 0 saturated carbocycles. The molecule has 0 aliphatic carbocycles. The summed E-state index contributed by atoms with van der Waals surface area (Å²) < 4.78 is 5.77. The van der Waals surface area contributed by atoms with E-state index in [1.807, 2.05) is 48.5 Å². The summed E-state index contributed by atoms with van der Waals surface area (Å²) in [6.45, 7) is 2.00. The Hall–Kier alpha value is -3.85. The van der Waals surface area contributed by atoms with Gasteiger partial charge < -0.3 is 10.1 Å². The fourth-order valence-electron chi connectivity index (χ4n) is 3.49. The van der Waals surface area contributed by atoms with E-state index in [4.69, 9.17) is 10.00 Å². The smallest absolute Gasteiger partial charge is 0.325 e. The number of nitrogens with zero attached hydrogens (tertiary/aromatic N) is 2. The van der Waals surface area contributed by atoms with E-state index in [1.165, 1.54) is 4.90 Å². The highest BCUT2D eigenvalue weighted by Crippen LogP contribution is 2.29. The molecule has 1 saturated heterocycles. The second-order valence-corrected chi connectivity index (χ2v) is 7.06. The van der Waals surface area contributed by atoms with Crippen molar-refractivity contribution in [3.05, 3.63) is 77.9 Å². The normalized spacial score (nSPS) is 18.6. The van der Waals surface area contributed by atoms with Crippen LogP contribution in [0.2, 0.25) is 0 Å². The molecule has 4 rings (SSSR count). The molecule has 1 fully saturated rings. The molecule has 6 nitrogen and oxygen atoms in total. The maximum atomic E-state index is 12.9. The maximum absolute atomic E-state index is 12.9. The van der Waals surface area contributed by atoms with Gasteiger partial charge in [-0.1, -0.05) is 42.5 Å². The largest absolute Gasteiger partial charge is 0.492 e. The second kappa shape index (κ2) is 7.28.